The van der Waals surface area contributed by atoms with Gasteiger partial charge in [-0.2, -0.15) is 0 Å². The number of carboxylic acid groups (broad SMARTS) is 1. The highest BCUT2D eigenvalue weighted by atomic mass is 35.5. The lowest BCUT2D eigenvalue weighted by atomic mass is 9.67. The van der Waals surface area contributed by atoms with E-state index in [1.165, 1.54) is 12.1 Å². The monoisotopic (exact) mass is 617 g/mol. The lowest BCUT2D eigenvalue weighted by Crippen LogP contribution is -2.58. The summed E-state index contributed by atoms with van der Waals surface area (Å²) >= 11 is 12.6. The Balaban J connectivity index is 1.68. The minimum Gasteiger partial charge on any atom is -0.481 e. The molecular formula is C31H30Cl2FNO5S. The molecule has 2 fully saturated rings. The van der Waals surface area contributed by atoms with Crippen molar-refractivity contribution in [2.75, 3.05) is 5.75 Å². The number of benzene rings is 3. The molecule has 3 aromatic carbocycles. The van der Waals surface area contributed by atoms with E-state index in [1.807, 2.05) is 30.3 Å². The maximum Gasteiger partial charge on any atom is 0.304 e. The van der Waals surface area contributed by atoms with Crippen LogP contribution in [0.2, 0.25) is 10.0 Å². The Morgan fingerprint density at radius 1 is 1.02 bits per heavy atom. The Morgan fingerprint density at radius 3 is 2.27 bits per heavy atom. The zero-order valence-electron chi connectivity index (χ0n) is 22.3. The van der Waals surface area contributed by atoms with Gasteiger partial charge in [0.15, 0.2) is 9.84 Å². The highest BCUT2D eigenvalue weighted by Crippen LogP contribution is 2.54. The molecule has 2 aliphatic rings. The molecule has 10 heteroatoms. The average molecular weight is 619 g/mol. The van der Waals surface area contributed by atoms with E-state index in [-0.39, 0.29) is 28.9 Å². The number of halogens is 3. The van der Waals surface area contributed by atoms with Gasteiger partial charge in [0.05, 0.1) is 28.5 Å². The Hall–Kier alpha value is -2.94. The largest absolute Gasteiger partial charge is 0.481 e. The van der Waals surface area contributed by atoms with E-state index in [4.69, 9.17) is 23.2 Å². The van der Waals surface area contributed by atoms with Gasteiger partial charge in [0.2, 0.25) is 5.91 Å². The number of aliphatic carboxylic acids is 1. The first-order valence-corrected chi connectivity index (χ1v) is 15.8. The summed E-state index contributed by atoms with van der Waals surface area (Å²) in [6.07, 6.45) is 1.29. The number of carbonyl (C=O) groups excluding carboxylic acids is 1. The van der Waals surface area contributed by atoms with Crippen molar-refractivity contribution in [3.05, 3.63) is 99.8 Å². The molecule has 0 bridgehead atoms. The van der Waals surface area contributed by atoms with Crippen molar-refractivity contribution < 1.29 is 27.5 Å². The molecule has 1 saturated heterocycles. The maximum absolute atomic E-state index is 14.5. The Bertz CT molecular complexity index is 1560. The van der Waals surface area contributed by atoms with Gasteiger partial charge in [-0.05, 0) is 84.8 Å². The van der Waals surface area contributed by atoms with Crippen LogP contribution in [0.3, 0.4) is 0 Å². The molecule has 1 N–H and O–H groups in total. The molecule has 1 aliphatic carbocycles. The second-order valence-corrected chi connectivity index (χ2v) is 14.3. The predicted octanol–water partition coefficient (Wildman–Crippen LogP) is 6.92. The molecular weight excluding hydrogens is 588 g/mol. The quantitative estimate of drug-likeness (QED) is 0.263. The summed E-state index contributed by atoms with van der Waals surface area (Å²) in [4.78, 5) is 28.1. The third-order valence-electron chi connectivity index (χ3n) is 8.22. The summed E-state index contributed by atoms with van der Waals surface area (Å²) in [6.45, 7) is 1.64. The number of hydrogen-bond acceptors (Lipinski definition) is 4. The van der Waals surface area contributed by atoms with Crippen LogP contribution in [0.1, 0.15) is 55.7 Å². The van der Waals surface area contributed by atoms with Crippen molar-refractivity contribution in [2.45, 2.75) is 55.5 Å². The molecule has 216 valence electrons. The lowest BCUT2D eigenvalue weighted by Gasteiger charge is -2.52. The van der Waals surface area contributed by atoms with Gasteiger partial charge in [0.1, 0.15) is 5.82 Å². The van der Waals surface area contributed by atoms with Gasteiger partial charge < -0.3 is 10.0 Å². The van der Waals surface area contributed by atoms with Gasteiger partial charge in [-0.3, -0.25) is 9.59 Å². The molecule has 5 rings (SSSR count). The second kappa shape index (κ2) is 11.4. The zero-order chi connectivity index (χ0) is 29.5. The van der Waals surface area contributed by atoms with E-state index in [9.17, 15) is 27.5 Å². The van der Waals surface area contributed by atoms with Gasteiger partial charge in [0.25, 0.3) is 0 Å². The smallest absolute Gasteiger partial charge is 0.304 e. The van der Waals surface area contributed by atoms with Crippen molar-refractivity contribution in [2.24, 2.45) is 11.3 Å². The van der Waals surface area contributed by atoms with E-state index in [1.54, 1.807) is 30.0 Å². The Labute approximate surface area is 249 Å². The SMILES string of the molecule is C[C@]1(CC(=O)O)CC(c2cccc(Cl)c2)[C@@H](c2ccc(Cl)cc2)N(C(CS(=O)(=O)c2ccc(F)cc2)C2CC2)C1=O. The molecule has 1 heterocycles. The number of rotatable bonds is 9. The number of nitrogens with zero attached hydrogens (tertiary/aromatic N) is 1. The molecule has 3 aromatic rings. The second-order valence-electron chi connectivity index (χ2n) is 11.3. The number of sulfone groups is 1. The number of carbonyl (C=O) groups is 2. The molecule has 0 radical (unpaired) electrons. The first-order valence-electron chi connectivity index (χ1n) is 13.4. The van der Waals surface area contributed by atoms with Crippen molar-refractivity contribution in [3.63, 3.8) is 0 Å². The zero-order valence-corrected chi connectivity index (χ0v) is 24.7. The highest BCUT2D eigenvalue weighted by molar-refractivity contribution is 7.91. The summed E-state index contributed by atoms with van der Waals surface area (Å²) < 4.78 is 40.9. The highest BCUT2D eigenvalue weighted by Gasteiger charge is 2.55. The van der Waals surface area contributed by atoms with Gasteiger partial charge in [-0.15, -0.1) is 0 Å². The van der Waals surface area contributed by atoms with E-state index in [0.717, 1.165) is 36.1 Å². The first-order chi connectivity index (χ1) is 19.4. The van der Waals surface area contributed by atoms with Crippen LogP contribution >= 0.6 is 23.2 Å². The summed E-state index contributed by atoms with van der Waals surface area (Å²) in [7, 11) is -3.93. The number of amides is 1. The molecule has 2 unspecified atom stereocenters. The lowest BCUT2D eigenvalue weighted by molar-refractivity contribution is -0.160. The van der Waals surface area contributed by atoms with Crippen LogP contribution in [0.25, 0.3) is 0 Å². The minimum absolute atomic E-state index is 0.0308. The number of carboxylic acids is 1. The molecule has 1 saturated carbocycles. The van der Waals surface area contributed by atoms with Crippen LogP contribution in [0.4, 0.5) is 4.39 Å². The fourth-order valence-corrected chi connectivity index (χ4v) is 8.08. The molecule has 0 spiro atoms. The Morgan fingerprint density at radius 2 is 1.68 bits per heavy atom. The van der Waals surface area contributed by atoms with E-state index < -0.39 is 51.5 Å². The van der Waals surface area contributed by atoms with Crippen LogP contribution in [-0.2, 0) is 19.4 Å². The van der Waals surface area contributed by atoms with E-state index >= 15 is 0 Å². The summed E-state index contributed by atoms with van der Waals surface area (Å²) in [5.74, 6) is -2.90. The Kier molecular flexibility index (Phi) is 8.21. The van der Waals surface area contributed by atoms with Crippen LogP contribution in [0.5, 0.6) is 0 Å². The fraction of sp³-hybridized carbons (Fsp3) is 0.355. The maximum atomic E-state index is 14.5. The molecule has 1 amide bonds. The summed E-state index contributed by atoms with van der Waals surface area (Å²) in [5.41, 5.74) is 0.284. The molecule has 4 atom stereocenters. The van der Waals surface area contributed by atoms with Crippen molar-refractivity contribution in [1.29, 1.82) is 0 Å². The third-order valence-corrected chi connectivity index (χ3v) is 10.5. The van der Waals surface area contributed by atoms with E-state index in [0.29, 0.717) is 10.0 Å². The average Bonchev–Trinajstić information content (AvgIpc) is 3.75. The van der Waals surface area contributed by atoms with Gasteiger partial charge in [0, 0.05) is 22.0 Å². The molecule has 6 nitrogen and oxygen atoms in total. The number of likely N-dealkylation sites (tertiary alicyclic amines) is 1. The minimum atomic E-state index is -3.93. The van der Waals surface area contributed by atoms with Crippen LogP contribution in [0, 0.1) is 17.2 Å². The number of piperidine rings is 1. The van der Waals surface area contributed by atoms with Gasteiger partial charge in [-0.25, -0.2) is 12.8 Å². The van der Waals surface area contributed by atoms with Crippen molar-refractivity contribution in [3.8, 4) is 0 Å². The van der Waals surface area contributed by atoms with E-state index in [2.05, 4.69) is 0 Å². The topological polar surface area (TPSA) is 91.8 Å². The van der Waals surface area contributed by atoms with Crippen LogP contribution < -0.4 is 0 Å². The first kappa shape index (κ1) is 29.5. The van der Waals surface area contributed by atoms with Crippen molar-refractivity contribution in [1.82, 2.24) is 4.90 Å². The molecule has 41 heavy (non-hydrogen) atoms. The van der Waals surface area contributed by atoms with Gasteiger partial charge in [-0.1, -0.05) is 54.4 Å². The standard InChI is InChI=1S/C31H30Cl2FNO5S/c1-31(17-28(36)37)16-26(21-3-2-4-23(33)15-21)29(20-7-9-22(32)10-8-20)35(30(31)38)27(19-5-6-19)18-41(39,40)25-13-11-24(34)12-14-25/h2-4,7-15,19,26-27,29H,5-6,16-18H2,1H3,(H,36,37)/t26?,27?,29-,31-/m1/s1. The fourth-order valence-electron chi connectivity index (χ4n) is 6.13. The summed E-state index contributed by atoms with van der Waals surface area (Å²) in [5, 5.41) is 10.8. The van der Waals surface area contributed by atoms with Gasteiger partial charge >= 0.3 is 5.97 Å². The summed E-state index contributed by atoms with van der Waals surface area (Å²) in [6, 6.07) is 17.7. The van der Waals surface area contributed by atoms with Crippen molar-refractivity contribution >= 4 is 44.9 Å². The normalized spacial score (nSPS) is 23.8. The molecule has 0 aromatic heterocycles. The molecule has 1 aliphatic heterocycles. The third kappa shape index (κ3) is 6.30. The predicted molar refractivity (Wildman–Crippen MR) is 155 cm³/mol. The van der Waals surface area contributed by atoms with Crippen LogP contribution in [-0.4, -0.2) is 42.1 Å². The van der Waals surface area contributed by atoms with Crippen LogP contribution in [0.15, 0.2) is 77.7 Å². The number of hydrogen-bond donors (Lipinski definition) is 1.